The Balaban J connectivity index is 1.55. The molecule has 0 unspecified atom stereocenters. The second-order valence-electron chi connectivity index (χ2n) is 7.37. The zero-order valence-electron chi connectivity index (χ0n) is 17.6. The van der Waals surface area contributed by atoms with E-state index >= 15 is 0 Å². The van der Waals surface area contributed by atoms with Crippen LogP contribution in [0.1, 0.15) is 49.4 Å². The lowest BCUT2D eigenvalue weighted by Gasteiger charge is -2.10. The molecule has 4 nitrogen and oxygen atoms in total. The van der Waals surface area contributed by atoms with Crippen LogP contribution in [0.4, 0.5) is 0 Å². The van der Waals surface area contributed by atoms with Crippen molar-refractivity contribution >= 4 is 21.9 Å². The van der Waals surface area contributed by atoms with Gasteiger partial charge in [-0.1, -0.05) is 56.9 Å². The van der Waals surface area contributed by atoms with Crippen molar-refractivity contribution in [1.29, 1.82) is 0 Å². The number of benzene rings is 3. The molecule has 162 valence electrons. The molecule has 0 aliphatic heterocycles. The molecule has 3 aromatic rings. The number of ether oxygens (including phenoxy) is 2. The summed E-state index contributed by atoms with van der Waals surface area (Å²) in [5.74, 6) is 0.995. The van der Waals surface area contributed by atoms with E-state index < -0.39 is 5.97 Å². The fraction of sp³-hybridized carbons (Fsp3) is 0.269. The molecule has 0 spiro atoms. The van der Waals surface area contributed by atoms with Crippen LogP contribution in [0.5, 0.6) is 17.2 Å². The van der Waals surface area contributed by atoms with Gasteiger partial charge in [0.25, 0.3) is 0 Å². The molecule has 1 N–H and O–H groups in total. The Labute approximate surface area is 192 Å². The molecule has 0 bridgehead atoms. The van der Waals surface area contributed by atoms with Gasteiger partial charge in [-0.2, -0.15) is 0 Å². The molecule has 0 saturated heterocycles. The van der Waals surface area contributed by atoms with E-state index in [1.807, 2.05) is 24.3 Å². The largest absolute Gasteiger partial charge is 0.508 e. The van der Waals surface area contributed by atoms with E-state index in [2.05, 4.69) is 22.9 Å². The van der Waals surface area contributed by atoms with Gasteiger partial charge in [0.15, 0.2) is 0 Å². The Morgan fingerprint density at radius 1 is 0.871 bits per heavy atom. The lowest BCUT2D eigenvalue weighted by atomic mass is 10.1. The zero-order valence-corrected chi connectivity index (χ0v) is 19.2. The number of hydrogen-bond acceptors (Lipinski definition) is 4. The van der Waals surface area contributed by atoms with Gasteiger partial charge in [0, 0.05) is 0 Å². The van der Waals surface area contributed by atoms with Gasteiger partial charge in [0.1, 0.15) is 17.2 Å². The van der Waals surface area contributed by atoms with Crippen LogP contribution in [0.3, 0.4) is 0 Å². The number of aromatic hydroxyl groups is 1. The number of phenols is 1. The van der Waals surface area contributed by atoms with E-state index in [1.165, 1.54) is 25.7 Å². The molecule has 0 aliphatic rings. The summed E-state index contributed by atoms with van der Waals surface area (Å²) >= 11 is 3.48. The molecule has 0 heterocycles. The topological polar surface area (TPSA) is 55.8 Å². The zero-order chi connectivity index (χ0) is 22.1. The summed E-state index contributed by atoms with van der Waals surface area (Å²) in [6.45, 7) is 2.87. The molecule has 0 fully saturated rings. The highest BCUT2D eigenvalue weighted by atomic mass is 79.9. The van der Waals surface area contributed by atoms with Gasteiger partial charge in [0.2, 0.25) is 0 Å². The van der Waals surface area contributed by atoms with Crippen LogP contribution in [-0.4, -0.2) is 17.7 Å². The van der Waals surface area contributed by atoms with Crippen molar-refractivity contribution in [1.82, 2.24) is 0 Å². The van der Waals surface area contributed by atoms with E-state index in [0.29, 0.717) is 17.9 Å². The predicted molar refractivity (Wildman–Crippen MR) is 127 cm³/mol. The number of esters is 1. The number of rotatable bonds is 10. The number of carbonyl (C=O) groups is 1. The second-order valence-corrected chi connectivity index (χ2v) is 8.22. The smallest absolute Gasteiger partial charge is 0.343 e. The molecular weight excluding hydrogens is 456 g/mol. The van der Waals surface area contributed by atoms with Crippen LogP contribution in [0.25, 0.3) is 11.1 Å². The average Bonchev–Trinajstić information content (AvgIpc) is 2.78. The minimum absolute atomic E-state index is 0.226. The highest BCUT2D eigenvalue weighted by molar-refractivity contribution is 9.10. The number of hydrogen-bond donors (Lipinski definition) is 1. The van der Waals surface area contributed by atoms with Gasteiger partial charge in [-0.25, -0.2) is 4.79 Å². The molecule has 0 aliphatic carbocycles. The van der Waals surface area contributed by atoms with Gasteiger partial charge in [-0.15, -0.1) is 0 Å². The SMILES string of the molecule is CCCCCCCOc1ccc(C(=O)Oc2ccc(-c3ccc(O)cc3)cc2)cc1Br. The van der Waals surface area contributed by atoms with E-state index in [1.54, 1.807) is 42.5 Å². The number of phenolic OH excluding ortho intramolecular Hbond substituents is 1. The summed E-state index contributed by atoms with van der Waals surface area (Å²) in [4.78, 5) is 12.5. The van der Waals surface area contributed by atoms with Gasteiger partial charge in [-0.05, 0) is 75.9 Å². The highest BCUT2D eigenvalue weighted by Gasteiger charge is 2.12. The van der Waals surface area contributed by atoms with Crippen LogP contribution >= 0.6 is 15.9 Å². The highest BCUT2D eigenvalue weighted by Crippen LogP contribution is 2.28. The van der Waals surface area contributed by atoms with Gasteiger partial charge >= 0.3 is 5.97 Å². The number of carbonyl (C=O) groups excluding carboxylic acids is 1. The van der Waals surface area contributed by atoms with Crippen molar-refractivity contribution in [3.8, 4) is 28.4 Å². The van der Waals surface area contributed by atoms with Crippen molar-refractivity contribution < 1.29 is 19.4 Å². The fourth-order valence-corrected chi connectivity index (χ4v) is 3.66. The third kappa shape index (κ3) is 6.86. The van der Waals surface area contributed by atoms with E-state index in [-0.39, 0.29) is 5.75 Å². The molecule has 0 saturated carbocycles. The molecular formula is C26H27BrO4. The third-order valence-corrected chi connectivity index (χ3v) is 5.56. The Kier molecular flexibility index (Phi) is 8.53. The molecule has 0 radical (unpaired) electrons. The van der Waals surface area contributed by atoms with Crippen molar-refractivity contribution in [2.45, 2.75) is 39.0 Å². The van der Waals surface area contributed by atoms with Crippen molar-refractivity contribution in [2.75, 3.05) is 6.61 Å². The first-order valence-electron chi connectivity index (χ1n) is 10.6. The summed E-state index contributed by atoms with van der Waals surface area (Å²) in [6.07, 6.45) is 5.92. The maximum Gasteiger partial charge on any atom is 0.343 e. The van der Waals surface area contributed by atoms with Crippen molar-refractivity contribution in [2.24, 2.45) is 0 Å². The van der Waals surface area contributed by atoms with Crippen LogP contribution < -0.4 is 9.47 Å². The second kappa shape index (κ2) is 11.6. The standard InChI is InChI=1S/C26H27BrO4/c1-2-3-4-5-6-17-30-25-16-11-21(18-24(25)27)26(29)31-23-14-9-20(10-15-23)19-7-12-22(28)13-8-19/h7-16,18,28H,2-6,17H2,1H3. The molecule has 5 heteroatoms. The van der Waals surface area contributed by atoms with E-state index in [0.717, 1.165) is 27.8 Å². The minimum atomic E-state index is -0.427. The first kappa shape index (κ1) is 22.9. The van der Waals surface area contributed by atoms with Crippen LogP contribution in [0.15, 0.2) is 71.2 Å². The maximum atomic E-state index is 12.5. The summed E-state index contributed by atoms with van der Waals surface area (Å²) in [7, 11) is 0. The Morgan fingerprint density at radius 2 is 1.52 bits per heavy atom. The summed E-state index contributed by atoms with van der Waals surface area (Å²) < 4.78 is 12.1. The van der Waals surface area contributed by atoms with Crippen molar-refractivity contribution in [3.05, 3.63) is 76.8 Å². The fourth-order valence-electron chi connectivity index (χ4n) is 3.17. The van der Waals surface area contributed by atoms with Crippen molar-refractivity contribution in [3.63, 3.8) is 0 Å². The Morgan fingerprint density at radius 3 is 2.16 bits per heavy atom. The molecule has 0 aromatic heterocycles. The normalized spacial score (nSPS) is 10.6. The lowest BCUT2D eigenvalue weighted by Crippen LogP contribution is -2.08. The average molecular weight is 483 g/mol. The first-order valence-corrected chi connectivity index (χ1v) is 11.4. The Bertz CT molecular complexity index is 981. The van der Waals surface area contributed by atoms with Gasteiger partial charge in [-0.3, -0.25) is 0 Å². The molecule has 31 heavy (non-hydrogen) atoms. The summed E-state index contributed by atoms with van der Waals surface area (Å²) in [6, 6.07) is 19.4. The van der Waals surface area contributed by atoms with E-state index in [4.69, 9.17) is 9.47 Å². The molecule has 0 amide bonds. The quantitative estimate of drug-likeness (QED) is 0.186. The van der Waals surface area contributed by atoms with Gasteiger partial charge in [0.05, 0.1) is 16.6 Å². The number of unbranched alkanes of at least 4 members (excludes halogenated alkanes) is 4. The lowest BCUT2D eigenvalue weighted by molar-refractivity contribution is 0.0734. The van der Waals surface area contributed by atoms with E-state index in [9.17, 15) is 9.90 Å². The van der Waals surface area contributed by atoms with Crippen LogP contribution in [0, 0.1) is 0 Å². The van der Waals surface area contributed by atoms with Gasteiger partial charge < -0.3 is 14.6 Å². The molecule has 0 atom stereocenters. The first-order chi connectivity index (χ1) is 15.1. The van der Waals surface area contributed by atoms with Crippen LogP contribution in [-0.2, 0) is 0 Å². The molecule has 3 rings (SSSR count). The Hall–Kier alpha value is -2.79. The summed E-state index contributed by atoms with van der Waals surface area (Å²) in [5.41, 5.74) is 2.39. The number of halogens is 1. The van der Waals surface area contributed by atoms with Crippen LogP contribution in [0.2, 0.25) is 0 Å². The third-order valence-electron chi connectivity index (χ3n) is 4.94. The monoisotopic (exact) mass is 482 g/mol. The molecule has 3 aromatic carbocycles. The minimum Gasteiger partial charge on any atom is -0.508 e. The predicted octanol–water partition coefficient (Wildman–Crippen LogP) is 7.39. The maximum absolute atomic E-state index is 12.5. The summed E-state index contributed by atoms with van der Waals surface area (Å²) in [5, 5.41) is 9.41.